The van der Waals surface area contributed by atoms with Crippen LogP contribution in [0.25, 0.3) is 0 Å². The third kappa shape index (κ3) is 1.66. The van der Waals surface area contributed by atoms with Crippen molar-refractivity contribution in [2.24, 2.45) is 5.92 Å². The molecular weight excluding hydrogens is 168 g/mol. The van der Waals surface area contributed by atoms with Crippen molar-refractivity contribution in [2.45, 2.75) is 38.2 Å². The monoisotopic (exact) mass is 182 g/mol. The molecule has 1 aliphatic carbocycles. The van der Waals surface area contributed by atoms with E-state index in [1.807, 2.05) is 0 Å². The molecule has 72 valence electrons. The molecule has 1 atom stereocenters. The quantitative estimate of drug-likeness (QED) is 0.636. The summed E-state index contributed by atoms with van der Waals surface area (Å²) in [5, 5.41) is 9.56. The van der Waals surface area contributed by atoms with Gasteiger partial charge < -0.3 is 4.74 Å². The first-order valence-corrected chi connectivity index (χ1v) is 4.83. The molecule has 2 rings (SSSR count). The molecule has 1 saturated heterocycles. The van der Waals surface area contributed by atoms with Crippen LogP contribution in [-0.4, -0.2) is 18.0 Å². The molecule has 1 heterocycles. The maximum atomic E-state index is 11.3. The number of rotatable bonds is 1. The number of nitrogens with one attached hydrogen (secondary N) is 2. The van der Waals surface area contributed by atoms with E-state index in [1.165, 1.54) is 19.3 Å². The maximum absolute atomic E-state index is 11.3. The molecule has 1 unspecified atom stereocenters. The van der Waals surface area contributed by atoms with E-state index in [2.05, 4.69) is 5.32 Å². The van der Waals surface area contributed by atoms with Crippen LogP contribution in [0.1, 0.15) is 32.1 Å². The van der Waals surface area contributed by atoms with Crippen LogP contribution in [0.4, 0.5) is 0 Å². The molecule has 0 spiro atoms. The summed E-state index contributed by atoms with van der Waals surface area (Å²) >= 11 is 0. The summed E-state index contributed by atoms with van der Waals surface area (Å²) in [6, 6.07) is -0.0828. The van der Waals surface area contributed by atoms with Crippen LogP contribution >= 0.6 is 0 Å². The Hall–Kier alpha value is -1.06. The molecule has 4 heteroatoms. The Morgan fingerprint density at radius 1 is 1.31 bits per heavy atom. The van der Waals surface area contributed by atoms with Gasteiger partial charge in [0.1, 0.15) is 0 Å². The van der Waals surface area contributed by atoms with Crippen molar-refractivity contribution in [3.63, 3.8) is 0 Å². The van der Waals surface area contributed by atoms with Crippen LogP contribution in [0.2, 0.25) is 0 Å². The molecule has 0 aromatic heterocycles. The molecule has 0 aromatic carbocycles. The van der Waals surface area contributed by atoms with Crippen LogP contribution in [0.15, 0.2) is 0 Å². The van der Waals surface area contributed by atoms with Crippen LogP contribution in [0, 0.1) is 11.3 Å². The van der Waals surface area contributed by atoms with Gasteiger partial charge in [-0.25, -0.2) is 0 Å². The Labute approximate surface area is 77.2 Å². The summed E-state index contributed by atoms with van der Waals surface area (Å²) in [5.41, 5.74) is 0. The van der Waals surface area contributed by atoms with Gasteiger partial charge in [0.2, 0.25) is 0 Å². The van der Waals surface area contributed by atoms with Crippen molar-refractivity contribution in [1.29, 1.82) is 5.41 Å². The van der Waals surface area contributed by atoms with Crippen molar-refractivity contribution >= 4 is 11.9 Å². The Morgan fingerprint density at radius 3 is 2.54 bits per heavy atom. The number of carbonyl (C=O) groups is 1. The fraction of sp³-hybridized carbons (Fsp3) is 0.778. The van der Waals surface area contributed by atoms with E-state index in [1.54, 1.807) is 0 Å². The second-order valence-corrected chi connectivity index (χ2v) is 3.75. The molecule has 2 fully saturated rings. The van der Waals surface area contributed by atoms with Gasteiger partial charge in [0.05, 0.1) is 0 Å². The standard InChI is InChI=1S/C9H14N2O2/c10-9-11-8(12)7(13-9)6-4-2-1-3-5-6/h6-7H,1-5H2,(H2,10,11,12). The molecule has 2 aliphatic rings. The predicted molar refractivity (Wildman–Crippen MR) is 47.3 cm³/mol. The average Bonchev–Trinajstić information content (AvgIpc) is 2.47. The minimum Gasteiger partial charge on any atom is -0.451 e. The van der Waals surface area contributed by atoms with Crippen LogP contribution in [-0.2, 0) is 9.53 Å². The van der Waals surface area contributed by atoms with Crippen molar-refractivity contribution in [3.8, 4) is 0 Å². The lowest BCUT2D eigenvalue weighted by Crippen LogP contribution is -2.32. The number of carbonyl (C=O) groups excluding carboxylic acids is 1. The first-order valence-electron chi connectivity index (χ1n) is 4.83. The van der Waals surface area contributed by atoms with E-state index in [0.717, 1.165) is 12.8 Å². The van der Waals surface area contributed by atoms with Crippen LogP contribution in [0.5, 0.6) is 0 Å². The van der Waals surface area contributed by atoms with Gasteiger partial charge in [-0.3, -0.25) is 15.5 Å². The Morgan fingerprint density at radius 2 is 2.00 bits per heavy atom. The van der Waals surface area contributed by atoms with E-state index in [9.17, 15) is 4.79 Å². The largest absolute Gasteiger partial charge is 0.451 e. The predicted octanol–water partition coefficient (Wildman–Crippen LogP) is 1.02. The number of ether oxygens (including phenoxy) is 1. The van der Waals surface area contributed by atoms with E-state index in [0.29, 0.717) is 5.92 Å². The third-order valence-corrected chi connectivity index (χ3v) is 2.82. The number of hydrogen-bond donors (Lipinski definition) is 2. The zero-order valence-corrected chi connectivity index (χ0v) is 7.51. The molecule has 1 amide bonds. The van der Waals surface area contributed by atoms with Crippen molar-refractivity contribution in [2.75, 3.05) is 0 Å². The summed E-state index contributed by atoms with van der Waals surface area (Å²) in [6.07, 6.45) is 5.38. The van der Waals surface area contributed by atoms with Gasteiger partial charge in [-0.2, -0.15) is 0 Å². The second kappa shape index (κ2) is 3.36. The maximum Gasteiger partial charge on any atom is 0.289 e. The Kier molecular flexibility index (Phi) is 2.20. The molecule has 0 aromatic rings. The first-order chi connectivity index (χ1) is 6.27. The highest BCUT2D eigenvalue weighted by molar-refractivity contribution is 6.00. The lowest BCUT2D eigenvalue weighted by Gasteiger charge is -2.24. The van der Waals surface area contributed by atoms with Crippen molar-refractivity contribution in [1.82, 2.24) is 5.32 Å². The Bertz CT molecular complexity index is 234. The lowest BCUT2D eigenvalue weighted by molar-refractivity contribution is -0.125. The molecular formula is C9H14N2O2. The molecule has 2 N–H and O–H groups in total. The third-order valence-electron chi connectivity index (χ3n) is 2.82. The molecule has 1 aliphatic heterocycles. The summed E-state index contributed by atoms with van der Waals surface area (Å²) in [4.78, 5) is 11.3. The average molecular weight is 182 g/mol. The lowest BCUT2D eigenvalue weighted by atomic mass is 9.85. The van der Waals surface area contributed by atoms with Crippen LogP contribution in [0.3, 0.4) is 0 Å². The highest BCUT2D eigenvalue weighted by atomic mass is 16.5. The number of amides is 1. The number of hydrogen-bond acceptors (Lipinski definition) is 3. The molecule has 1 saturated carbocycles. The van der Waals surface area contributed by atoms with Gasteiger partial charge in [-0.1, -0.05) is 19.3 Å². The van der Waals surface area contributed by atoms with E-state index >= 15 is 0 Å². The molecule has 0 radical (unpaired) electrons. The highest BCUT2D eigenvalue weighted by Crippen LogP contribution is 2.29. The molecule has 4 nitrogen and oxygen atoms in total. The zero-order valence-electron chi connectivity index (χ0n) is 7.51. The fourth-order valence-electron chi connectivity index (χ4n) is 2.14. The van der Waals surface area contributed by atoms with Gasteiger partial charge in [0.25, 0.3) is 11.9 Å². The topological polar surface area (TPSA) is 62.2 Å². The van der Waals surface area contributed by atoms with Gasteiger partial charge in [0, 0.05) is 5.92 Å². The van der Waals surface area contributed by atoms with Crippen molar-refractivity contribution in [3.05, 3.63) is 0 Å². The van der Waals surface area contributed by atoms with E-state index in [-0.39, 0.29) is 18.0 Å². The summed E-state index contributed by atoms with van der Waals surface area (Å²) in [5.74, 6) is 0.202. The van der Waals surface area contributed by atoms with E-state index < -0.39 is 0 Å². The fourth-order valence-corrected chi connectivity index (χ4v) is 2.14. The van der Waals surface area contributed by atoms with Gasteiger partial charge >= 0.3 is 0 Å². The van der Waals surface area contributed by atoms with Gasteiger partial charge in [0.15, 0.2) is 6.10 Å². The molecule has 13 heavy (non-hydrogen) atoms. The number of amidine groups is 1. The van der Waals surface area contributed by atoms with Crippen LogP contribution < -0.4 is 5.32 Å². The van der Waals surface area contributed by atoms with E-state index in [4.69, 9.17) is 10.1 Å². The normalized spacial score (nSPS) is 30.0. The molecule has 0 bridgehead atoms. The second-order valence-electron chi connectivity index (χ2n) is 3.75. The zero-order chi connectivity index (χ0) is 9.26. The minimum absolute atomic E-state index is 0.0828. The minimum atomic E-state index is -0.382. The summed E-state index contributed by atoms with van der Waals surface area (Å²) < 4.78 is 5.14. The van der Waals surface area contributed by atoms with Gasteiger partial charge in [-0.05, 0) is 12.8 Å². The van der Waals surface area contributed by atoms with Crippen molar-refractivity contribution < 1.29 is 9.53 Å². The Balaban J connectivity index is 1.99. The SMILES string of the molecule is N=C1NC(=O)C(C2CCCCC2)O1. The first kappa shape index (κ1) is 8.53. The smallest absolute Gasteiger partial charge is 0.289 e. The summed E-state index contributed by atoms with van der Waals surface area (Å²) in [6.45, 7) is 0. The van der Waals surface area contributed by atoms with Gasteiger partial charge in [-0.15, -0.1) is 0 Å². The summed E-state index contributed by atoms with van der Waals surface area (Å²) in [7, 11) is 0. The highest BCUT2D eigenvalue weighted by Gasteiger charge is 2.37.